The van der Waals surface area contributed by atoms with Gasteiger partial charge < -0.3 is 10.6 Å². The van der Waals surface area contributed by atoms with Crippen molar-refractivity contribution in [3.63, 3.8) is 0 Å². The summed E-state index contributed by atoms with van der Waals surface area (Å²) in [5.41, 5.74) is 0. The zero-order valence-corrected chi connectivity index (χ0v) is 3.82. The van der Waals surface area contributed by atoms with Gasteiger partial charge in [-0.15, -0.1) is 0 Å². The van der Waals surface area contributed by atoms with Gasteiger partial charge in [0.25, 0.3) is 0 Å². The van der Waals surface area contributed by atoms with Crippen LogP contribution in [0.4, 0.5) is 4.79 Å². The Morgan fingerprint density at radius 1 is 1.29 bits per heavy atom. The summed E-state index contributed by atoms with van der Waals surface area (Å²) >= 11 is 0. The number of rotatable bonds is 0. The van der Waals surface area contributed by atoms with Gasteiger partial charge in [0, 0.05) is 0 Å². The van der Waals surface area contributed by atoms with Crippen LogP contribution in [0.5, 0.6) is 0 Å². The molecular weight excluding hydrogens is 94.1 g/mol. The van der Waals surface area contributed by atoms with E-state index < -0.39 is 0 Å². The molecule has 0 aromatic carbocycles. The van der Waals surface area contributed by atoms with Crippen LogP contribution >= 0.6 is 0 Å². The molecule has 0 saturated carbocycles. The first kappa shape index (κ1) is 4.39. The molecule has 3 N–H and O–H groups in total. The topological polar surface area (TPSA) is 53.2 Å². The summed E-state index contributed by atoms with van der Waals surface area (Å²) in [5.74, 6) is 0. The lowest BCUT2D eigenvalue weighted by Crippen LogP contribution is -2.51. The molecule has 4 heteroatoms. The lowest BCUT2D eigenvalue weighted by molar-refractivity contribution is 0.233. The minimum Gasteiger partial charge on any atom is -0.326 e. The van der Waals surface area contributed by atoms with Gasteiger partial charge in [0.15, 0.2) is 0 Å². The standard InChI is InChI=1S/C3H7N3O/c7-3-5-1-4-2-6-3/h4H,1-2H2,(H2,5,6,7). The van der Waals surface area contributed by atoms with Crippen LogP contribution in [0.3, 0.4) is 0 Å². The van der Waals surface area contributed by atoms with Crippen LogP contribution in [0.1, 0.15) is 0 Å². The maximum atomic E-state index is 10.2. The first-order chi connectivity index (χ1) is 3.39. The molecule has 1 aliphatic rings. The Bertz CT molecular complexity index is 74.2. The van der Waals surface area contributed by atoms with Gasteiger partial charge >= 0.3 is 6.03 Å². The molecule has 0 radical (unpaired) electrons. The lowest BCUT2D eigenvalue weighted by Gasteiger charge is -2.13. The molecule has 1 aliphatic heterocycles. The van der Waals surface area contributed by atoms with Crippen LogP contribution in [0.15, 0.2) is 0 Å². The quantitative estimate of drug-likeness (QED) is 0.359. The lowest BCUT2D eigenvalue weighted by atomic mass is 10.8. The van der Waals surface area contributed by atoms with Gasteiger partial charge in [-0.05, 0) is 0 Å². The zero-order valence-electron chi connectivity index (χ0n) is 3.82. The van der Waals surface area contributed by atoms with Crippen LogP contribution < -0.4 is 16.0 Å². The monoisotopic (exact) mass is 101 g/mol. The largest absolute Gasteiger partial charge is 0.326 e. The Morgan fingerprint density at radius 2 is 1.86 bits per heavy atom. The van der Waals surface area contributed by atoms with Gasteiger partial charge in [-0.2, -0.15) is 0 Å². The molecule has 2 amide bonds. The van der Waals surface area contributed by atoms with E-state index in [2.05, 4.69) is 16.0 Å². The minimum atomic E-state index is -0.0984. The average molecular weight is 101 g/mol. The van der Waals surface area contributed by atoms with E-state index in [1.54, 1.807) is 0 Å². The van der Waals surface area contributed by atoms with E-state index in [1.807, 2.05) is 0 Å². The molecule has 7 heavy (non-hydrogen) atoms. The Balaban J connectivity index is 2.25. The van der Waals surface area contributed by atoms with E-state index >= 15 is 0 Å². The van der Waals surface area contributed by atoms with Crippen molar-refractivity contribution in [1.29, 1.82) is 0 Å². The van der Waals surface area contributed by atoms with Crippen molar-refractivity contribution >= 4 is 6.03 Å². The molecule has 1 saturated heterocycles. The third-order valence-corrected chi connectivity index (χ3v) is 0.748. The fraction of sp³-hybridized carbons (Fsp3) is 0.667. The summed E-state index contributed by atoms with van der Waals surface area (Å²) in [6, 6.07) is -0.0984. The summed E-state index contributed by atoms with van der Waals surface area (Å²) in [7, 11) is 0. The molecule has 0 atom stereocenters. The van der Waals surface area contributed by atoms with Crippen LogP contribution in [-0.2, 0) is 0 Å². The second-order valence-electron chi connectivity index (χ2n) is 1.29. The minimum absolute atomic E-state index is 0.0984. The average Bonchev–Trinajstić information content (AvgIpc) is 1.69. The normalized spacial score (nSPS) is 20.3. The predicted octanol–water partition coefficient (Wildman–Crippen LogP) is -1.20. The Kier molecular flexibility index (Phi) is 1.12. The third kappa shape index (κ3) is 1.04. The number of hydrogen-bond acceptors (Lipinski definition) is 2. The van der Waals surface area contributed by atoms with Gasteiger partial charge in [-0.3, -0.25) is 5.32 Å². The molecule has 40 valence electrons. The molecular formula is C3H7N3O. The van der Waals surface area contributed by atoms with Gasteiger partial charge in [-0.1, -0.05) is 0 Å². The van der Waals surface area contributed by atoms with Crippen LogP contribution in [-0.4, -0.2) is 19.4 Å². The van der Waals surface area contributed by atoms with E-state index in [-0.39, 0.29) is 6.03 Å². The molecule has 1 fully saturated rings. The van der Waals surface area contributed by atoms with Crippen molar-refractivity contribution in [3.05, 3.63) is 0 Å². The second kappa shape index (κ2) is 1.79. The SMILES string of the molecule is O=C1NCNCN1. The second-order valence-corrected chi connectivity index (χ2v) is 1.29. The highest BCUT2D eigenvalue weighted by atomic mass is 16.2. The summed E-state index contributed by atoms with van der Waals surface area (Å²) in [6.45, 7) is 1.15. The van der Waals surface area contributed by atoms with Crippen molar-refractivity contribution < 1.29 is 4.79 Å². The molecule has 0 aliphatic carbocycles. The Morgan fingerprint density at radius 3 is 2.14 bits per heavy atom. The highest BCUT2D eigenvalue weighted by molar-refractivity contribution is 5.74. The zero-order chi connectivity index (χ0) is 5.11. The first-order valence-electron chi connectivity index (χ1n) is 2.12. The van der Waals surface area contributed by atoms with Gasteiger partial charge in [-0.25, -0.2) is 4.79 Å². The number of carbonyl (C=O) groups is 1. The number of carbonyl (C=O) groups excluding carboxylic acids is 1. The fourth-order valence-corrected chi connectivity index (χ4v) is 0.411. The number of urea groups is 1. The summed E-state index contributed by atoms with van der Waals surface area (Å²) in [5, 5.41) is 7.91. The molecule has 4 nitrogen and oxygen atoms in total. The van der Waals surface area contributed by atoms with E-state index in [9.17, 15) is 4.79 Å². The van der Waals surface area contributed by atoms with Gasteiger partial charge in [0.2, 0.25) is 0 Å². The highest BCUT2D eigenvalue weighted by Gasteiger charge is 2.00. The van der Waals surface area contributed by atoms with Crippen LogP contribution in [0.2, 0.25) is 0 Å². The van der Waals surface area contributed by atoms with Crippen molar-refractivity contribution in [2.45, 2.75) is 0 Å². The van der Waals surface area contributed by atoms with Crippen molar-refractivity contribution in [3.8, 4) is 0 Å². The molecule has 0 aromatic rings. The summed E-state index contributed by atoms with van der Waals surface area (Å²) in [4.78, 5) is 10.2. The van der Waals surface area contributed by atoms with Crippen LogP contribution in [0, 0.1) is 0 Å². The molecule has 0 spiro atoms. The van der Waals surface area contributed by atoms with Crippen LogP contribution in [0.25, 0.3) is 0 Å². The summed E-state index contributed by atoms with van der Waals surface area (Å²) in [6.07, 6.45) is 0. The van der Waals surface area contributed by atoms with Gasteiger partial charge in [0.05, 0.1) is 13.3 Å². The van der Waals surface area contributed by atoms with Crippen molar-refractivity contribution in [1.82, 2.24) is 16.0 Å². The van der Waals surface area contributed by atoms with E-state index in [1.165, 1.54) is 0 Å². The maximum Gasteiger partial charge on any atom is 0.316 e. The third-order valence-electron chi connectivity index (χ3n) is 0.748. The Labute approximate surface area is 41.3 Å². The number of nitrogens with one attached hydrogen (secondary N) is 3. The number of hydrogen-bond donors (Lipinski definition) is 3. The Hall–Kier alpha value is -0.770. The van der Waals surface area contributed by atoms with Gasteiger partial charge in [0.1, 0.15) is 0 Å². The smallest absolute Gasteiger partial charge is 0.316 e. The maximum absolute atomic E-state index is 10.2. The molecule has 1 heterocycles. The first-order valence-corrected chi connectivity index (χ1v) is 2.12. The highest BCUT2D eigenvalue weighted by Crippen LogP contribution is 1.64. The molecule has 0 bridgehead atoms. The predicted molar refractivity (Wildman–Crippen MR) is 24.5 cm³/mol. The summed E-state index contributed by atoms with van der Waals surface area (Å²) < 4.78 is 0. The van der Waals surface area contributed by atoms with E-state index in [4.69, 9.17) is 0 Å². The van der Waals surface area contributed by atoms with Crippen molar-refractivity contribution in [2.24, 2.45) is 0 Å². The number of amides is 2. The van der Waals surface area contributed by atoms with E-state index in [0.29, 0.717) is 13.3 Å². The molecule has 0 unspecified atom stereocenters. The van der Waals surface area contributed by atoms with E-state index in [0.717, 1.165) is 0 Å². The fourth-order valence-electron chi connectivity index (χ4n) is 0.411. The molecule has 0 aromatic heterocycles. The molecule has 1 rings (SSSR count). The van der Waals surface area contributed by atoms with Crippen molar-refractivity contribution in [2.75, 3.05) is 13.3 Å².